The molecule has 12 aromatic rings. The van der Waals surface area contributed by atoms with Gasteiger partial charge in [-0.15, -0.1) is 11.3 Å². The van der Waals surface area contributed by atoms with Gasteiger partial charge in [0.25, 0.3) is 0 Å². The number of para-hydroxylation sites is 1. The molecular formula is C51H30N4S. The summed E-state index contributed by atoms with van der Waals surface area (Å²) in [4.78, 5) is 15.2. The zero-order chi connectivity index (χ0) is 36.7. The van der Waals surface area contributed by atoms with Crippen molar-refractivity contribution in [2.75, 3.05) is 0 Å². The van der Waals surface area contributed by atoms with Crippen LogP contribution < -0.4 is 0 Å². The highest BCUT2D eigenvalue weighted by Gasteiger charge is 2.21. The van der Waals surface area contributed by atoms with Gasteiger partial charge in [0.15, 0.2) is 17.5 Å². The topological polar surface area (TPSA) is 43.6 Å². The van der Waals surface area contributed by atoms with Crippen molar-refractivity contribution in [2.45, 2.75) is 0 Å². The molecule has 0 amide bonds. The Bertz CT molecular complexity index is 3440. The second-order valence-corrected chi connectivity index (χ2v) is 15.4. The van der Waals surface area contributed by atoms with Crippen LogP contribution >= 0.6 is 11.3 Å². The largest absolute Gasteiger partial charge is 0.309 e. The van der Waals surface area contributed by atoms with Crippen LogP contribution in [0.5, 0.6) is 0 Å². The van der Waals surface area contributed by atoms with Crippen molar-refractivity contribution in [1.82, 2.24) is 19.5 Å². The lowest BCUT2D eigenvalue weighted by molar-refractivity contribution is 1.08. The van der Waals surface area contributed by atoms with Crippen LogP contribution in [0.4, 0.5) is 0 Å². The van der Waals surface area contributed by atoms with Gasteiger partial charge in [-0.3, -0.25) is 0 Å². The molecule has 0 aliphatic carbocycles. The summed E-state index contributed by atoms with van der Waals surface area (Å²) >= 11 is 1.83. The molecule has 3 heterocycles. The van der Waals surface area contributed by atoms with Crippen molar-refractivity contribution in [3.63, 3.8) is 0 Å². The van der Waals surface area contributed by atoms with Crippen molar-refractivity contribution in [3.05, 3.63) is 182 Å². The molecule has 0 aliphatic heterocycles. The van der Waals surface area contributed by atoms with Crippen LogP contribution in [0, 0.1) is 0 Å². The van der Waals surface area contributed by atoms with E-state index in [4.69, 9.17) is 15.0 Å². The van der Waals surface area contributed by atoms with Crippen molar-refractivity contribution in [2.24, 2.45) is 0 Å². The summed E-state index contributed by atoms with van der Waals surface area (Å²) in [6.45, 7) is 0. The summed E-state index contributed by atoms with van der Waals surface area (Å²) in [6, 6.07) is 64.9. The number of benzene rings is 9. The minimum atomic E-state index is 0.661. The Hall–Kier alpha value is -7.21. The molecule has 0 radical (unpaired) electrons. The Morgan fingerprint density at radius 1 is 0.339 bits per heavy atom. The van der Waals surface area contributed by atoms with Gasteiger partial charge in [-0.25, -0.2) is 15.0 Å². The van der Waals surface area contributed by atoms with E-state index in [-0.39, 0.29) is 0 Å². The van der Waals surface area contributed by atoms with Gasteiger partial charge in [-0.05, 0) is 62.6 Å². The first-order valence-corrected chi connectivity index (χ1v) is 19.7. The zero-order valence-corrected chi connectivity index (χ0v) is 30.8. The van der Waals surface area contributed by atoms with Crippen LogP contribution in [-0.2, 0) is 0 Å². The number of nitrogens with zero attached hydrogens (tertiary/aromatic N) is 4. The Morgan fingerprint density at radius 2 is 0.839 bits per heavy atom. The van der Waals surface area contributed by atoms with E-state index in [1.807, 2.05) is 47.7 Å². The van der Waals surface area contributed by atoms with E-state index in [0.717, 1.165) is 22.4 Å². The normalized spacial score (nSPS) is 11.9. The third-order valence-corrected chi connectivity index (χ3v) is 12.5. The summed E-state index contributed by atoms with van der Waals surface area (Å²) in [5, 5.41) is 12.6. The number of aromatic nitrogens is 4. The lowest BCUT2D eigenvalue weighted by atomic mass is 9.94. The van der Waals surface area contributed by atoms with E-state index >= 15 is 0 Å². The summed E-state index contributed by atoms with van der Waals surface area (Å²) in [6.07, 6.45) is 0. The number of rotatable bonds is 4. The summed E-state index contributed by atoms with van der Waals surface area (Å²) in [5.74, 6) is 1.99. The maximum atomic E-state index is 5.12. The second-order valence-electron chi connectivity index (χ2n) is 14.3. The number of fused-ring (bicyclic) bond motifs is 13. The summed E-state index contributed by atoms with van der Waals surface area (Å²) < 4.78 is 4.88. The molecule has 0 saturated carbocycles. The average molecular weight is 731 g/mol. The molecule has 0 N–H and O–H groups in total. The zero-order valence-electron chi connectivity index (χ0n) is 30.0. The molecule has 0 saturated heterocycles. The average Bonchev–Trinajstić information content (AvgIpc) is 3.83. The highest BCUT2D eigenvalue weighted by atomic mass is 32.1. The van der Waals surface area contributed by atoms with Gasteiger partial charge in [0, 0.05) is 53.3 Å². The molecule has 260 valence electrons. The minimum absolute atomic E-state index is 0.661. The van der Waals surface area contributed by atoms with E-state index in [1.54, 1.807) is 0 Å². The van der Waals surface area contributed by atoms with Gasteiger partial charge in [0.2, 0.25) is 0 Å². The van der Waals surface area contributed by atoms with Crippen LogP contribution in [0.1, 0.15) is 0 Å². The predicted molar refractivity (Wildman–Crippen MR) is 236 cm³/mol. The fourth-order valence-corrected chi connectivity index (χ4v) is 10.1. The fourth-order valence-electron chi connectivity index (χ4n) is 8.73. The molecule has 0 spiro atoms. The molecule has 0 aliphatic rings. The first kappa shape index (κ1) is 31.2. The maximum absolute atomic E-state index is 5.12. The highest BCUT2D eigenvalue weighted by Crippen LogP contribution is 2.46. The maximum Gasteiger partial charge on any atom is 0.165 e. The third-order valence-electron chi connectivity index (χ3n) is 11.2. The molecule has 0 atom stereocenters. The Kier molecular flexibility index (Phi) is 6.76. The van der Waals surface area contributed by atoms with E-state index in [1.165, 1.54) is 74.3 Å². The number of hydrogen-bond donors (Lipinski definition) is 0. The van der Waals surface area contributed by atoms with Crippen LogP contribution in [0.25, 0.3) is 114 Å². The van der Waals surface area contributed by atoms with Crippen LogP contribution in [0.3, 0.4) is 0 Å². The lowest BCUT2D eigenvalue weighted by Gasteiger charge is -2.13. The molecule has 9 aromatic carbocycles. The second kappa shape index (κ2) is 12.2. The first-order chi connectivity index (χ1) is 27.8. The molecule has 3 aromatic heterocycles. The minimum Gasteiger partial charge on any atom is -0.309 e. The predicted octanol–water partition coefficient (Wildman–Crippen LogP) is 13.8. The van der Waals surface area contributed by atoms with E-state index in [0.29, 0.717) is 17.5 Å². The SMILES string of the molecule is c1ccc(-c2nc(-c3ccccc3)nc(-c3cccc4c3sc3c4ccc4c3c3ccccc3n4-c3ccc4c5ccccc5c5ccccc5c4c3)n2)cc1. The van der Waals surface area contributed by atoms with Crippen molar-refractivity contribution >= 4 is 85.6 Å². The first-order valence-electron chi connectivity index (χ1n) is 18.9. The van der Waals surface area contributed by atoms with Gasteiger partial charge in [0.1, 0.15) is 0 Å². The number of hydrogen-bond acceptors (Lipinski definition) is 4. The number of thiophene rings is 1. The molecule has 5 heteroatoms. The smallest absolute Gasteiger partial charge is 0.165 e. The van der Waals surface area contributed by atoms with Crippen LogP contribution in [0.2, 0.25) is 0 Å². The quantitative estimate of drug-likeness (QED) is 0.169. The van der Waals surface area contributed by atoms with Crippen LogP contribution in [-0.4, -0.2) is 19.5 Å². The molecule has 12 rings (SSSR count). The molecule has 0 fully saturated rings. The monoisotopic (exact) mass is 730 g/mol. The van der Waals surface area contributed by atoms with Crippen molar-refractivity contribution in [1.29, 1.82) is 0 Å². The molecule has 56 heavy (non-hydrogen) atoms. The van der Waals surface area contributed by atoms with Crippen molar-refractivity contribution in [3.8, 4) is 39.9 Å². The Morgan fingerprint density at radius 3 is 1.50 bits per heavy atom. The standard InChI is InChI=1S/C51H30N4S/c1-3-14-31(15-4-1)49-52-50(32-16-5-2-6-17-32)54-51(53-49)42-24-13-23-39-40-28-29-45-46(48(40)56-47(39)42)41-22-11-12-25-44(41)55(45)33-26-27-38-36-20-8-7-18-34(36)35-19-9-10-21-37(35)43(38)30-33/h1-30H. The van der Waals surface area contributed by atoms with Gasteiger partial charge >= 0.3 is 0 Å². The summed E-state index contributed by atoms with van der Waals surface area (Å²) in [7, 11) is 0. The molecule has 0 unspecified atom stereocenters. The van der Waals surface area contributed by atoms with E-state index in [2.05, 4.69) is 150 Å². The highest BCUT2D eigenvalue weighted by molar-refractivity contribution is 7.27. The van der Waals surface area contributed by atoms with Crippen LogP contribution in [0.15, 0.2) is 182 Å². The van der Waals surface area contributed by atoms with Crippen molar-refractivity contribution < 1.29 is 0 Å². The van der Waals surface area contributed by atoms with Gasteiger partial charge < -0.3 is 4.57 Å². The fraction of sp³-hybridized carbons (Fsp3) is 0. The Balaban J connectivity index is 1.11. The van der Waals surface area contributed by atoms with E-state index in [9.17, 15) is 0 Å². The Labute approximate surface area is 325 Å². The molecular weight excluding hydrogens is 701 g/mol. The van der Waals surface area contributed by atoms with Gasteiger partial charge in [-0.2, -0.15) is 0 Å². The van der Waals surface area contributed by atoms with Gasteiger partial charge in [0.05, 0.1) is 11.0 Å². The van der Waals surface area contributed by atoms with E-state index < -0.39 is 0 Å². The lowest BCUT2D eigenvalue weighted by Crippen LogP contribution is -2.00. The third kappa shape index (κ3) is 4.62. The molecule has 4 nitrogen and oxygen atoms in total. The summed E-state index contributed by atoms with van der Waals surface area (Å²) in [5.41, 5.74) is 6.45. The molecule has 0 bridgehead atoms. The van der Waals surface area contributed by atoms with Gasteiger partial charge in [-0.1, -0.05) is 152 Å².